The van der Waals surface area contributed by atoms with Crippen molar-refractivity contribution in [2.45, 2.75) is 20.4 Å². The molecule has 0 radical (unpaired) electrons. The Morgan fingerprint density at radius 3 is 2.65 bits per heavy atom. The third-order valence-corrected chi connectivity index (χ3v) is 3.80. The lowest BCUT2D eigenvalue weighted by Crippen LogP contribution is -3.11. The van der Waals surface area contributed by atoms with Crippen LogP contribution in [-0.2, 0) is 11.3 Å². The average Bonchev–Trinajstić information content (AvgIpc) is 2.54. The molecule has 0 aliphatic carbocycles. The molecule has 23 heavy (non-hydrogen) atoms. The van der Waals surface area contributed by atoms with E-state index in [2.05, 4.69) is 43.4 Å². The summed E-state index contributed by atoms with van der Waals surface area (Å²) in [5.74, 6) is 0.755. The lowest BCUT2D eigenvalue weighted by molar-refractivity contribution is -0.903. The number of carbonyl (C=O) groups excluding carboxylic acids is 1. The molecule has 0 spiro atoms. The molecule has 1 amide bonds. The van der Waals surface area contributed by atoms with Crippen molar-refractivity contribution < 1.29 is 14.4 Å². The van der Waals surface area contributed by atoms with Crippen LogP contribution in [0.25, 0.3) is 0 Å². The summed E-state index contributed by atoms with van der Waals surface area (Å²) in [7, 11) is 1.62. The molecule has 0 saturated heterocycles. The largest absolute Gasteiger partial charge is 0.497 e. The summed E-state index contributed by atoms with van der Waals surface area (Å²) in [4.78, 5) is 13.5. The highest BCUT2D eigenvalue weighted by molar-refractivity contribution is 5.91. The molecule has 2 aromatic carbocycles. The number of likely N-dealkylation sites (N-methyl/N-ethyl adjacent to an activating group) is 1. The number of hydrogen-bond donors (Lipinski definition) is 2. The van der Waals surface area contributed by atoms with Crippen LogP contribution >= 0.6 is 0 Å². The van der Waals surface area contributed by atoms with E-state index in [9.17, 15) is 4.79 Å². The number of amides is 1. The first kappa shape index (κ1) is 17.0. The van der Waals surface area contributed by atoms with Crippen LogP contribution in [0.4, 0.5) is 5.69 Å². The highest BCUT2D eigenvalue weighted by Crippen LogP contribution is 2.16. The van der Waals surface area contributed by atoms with Crippen LogP contribution < -0.4 is 15.0 Å². The lowest BCUT2D eigenvalue weighted by atomic mass is 10.1. The van der Waals surface area contributed by atoms with E-state index in [1.54, 1.807) is 7.11 Å². The first-order chi connectivity index (χ1) is 11.1. The van der Waals surface area contributed by atoms with Gasteiger partial charge in [0, 0.05) is 17.3 Å². The molecule has 1 atom stereocenters. The SMILES string of the molecule is CC[NH+](CC(=O)Nc1cccc(OC)c1)Cc1cccc(C)c1. The van der Waals surface area contributed by atoms with Crippen LogP contribution in [0.5, 0.6) is 5.75 Å². The number of carbonyl (C=O) groups is 1. The number of nitrogens with one attached hydrogen (secondary N) is 2. The van der Waals surface area contributed by atoms with E-state index in [1.165, 1.54) is 16.0 Å². The maximum atomic E-state index is 12.3. The Bertz CT molecular complexity index is 655. The van der Waals surface area contributed by atoms with Gasteiger partial charge in [-0.3, -0.25) is 4.79 Å². The van der Waals surface area contributed by atoms with Gasteiger partial charge in [-0.25, -0.2) is 0 Å². The van der Waals surface area contributed by atoms with Crippen molar-refractivity contribution in [1.29, 1.82) is 0 Å². The molecule has 0 aromatic heterocycles. The Labute approximate surface area is 138 Å². The number of aryl methyl sites for hydroxylation is 1. The molecule has 0 saturated carbocycles. The standard InChI is InChI=1S/C19H24N2O2/c1-4-21(13-16-8-5-7-15(2)11-16)14-19(22)20-17-9-6-10-18(12-17)23-3/h5-12H,4,13-14H2,1-3H3,(H,20,22)/p+1. The third-order valence-electron chi connectivity index (χ3n) is 3.80. The minimum atomic E-state index is 0.0164. The topological polar surface area (TPSA) is 42.8 Å². The summed E-state index contributed by atoms with van der Waals surface area (Å²) in [6.07, 6.45) is 0. The number of hydrogen-bond acceptors (Lipinski definition) is 2. The molecule has 0 aliphatic heterocycles. The van der Waals surface area contributed by atoms with E-state index in [0.29, 0.717) is 6.54 Å². The van der Waals surface area contributed by atoms with Crippen molar-refractivity contribution in [1.82, 2.24) is 0 Å². The van der Waals surface area contributed by atoms with E-state index in [0.717, 1.165) is 24.5 Å². The molecule has 0 fully saturated rings. The fraction of sp³-hybridized carbons (Fsp3) is 0.316. The highest BCUT2D eigenvalue weighted by Gasteiger charge is 2.13. The number of rotatable bonds is 7. The second-order valence-electron chi connectivity index (χ2n) is 5.73. The van der Waals surface area contributed by atoms with Gasteiger partial charge in [-0.15, -0.1) is 0 Å². The second kappa shape index (κ2) is 8.34. The quantitative estimate of drug-likeness (QED) is 0.821. The van der Waals surface area contributed by atoms with Gasteiger partial charge in [0.1, 0.15) is 12.3 Å². The molecule has 0 heterocycles. The van der Waals surface area contributed by atoms with Crippen molar-refractivity contribution in [3.05, 3.63) is 59.7 Å². The molecule has 4 nitrogen and oxygen atoms in total. The van der Waals surface area contributed by atoms with Crippen LogP contribution in [-0.4, -0.2) is 26.1 Å². The van der Waals surface area contributed by atoms with Gasteiger partial charge in [0.05, 0.1) is 13.7 Å². The minimum Gasteiger partial charge on any atom is -0.497 e. The number of benzene rings is 2. The Hall–Kier alpha value is -2.33. The lowest BCUT2D eigenvalue weighted by Gasteiger charge is -2.17. The number of quaternary nitrogens is 1. The molecule has 2 N–H and O–H groups in total. The predicted octanol–water partition coefficient (Wildman–Crippen LogP) is 2.05. The van der Waals surface area contributed by atoms with Crippen molar-refractivity contribution in [2.24, 2.45) is 0 Å². The summed E-state index contributed by atoms with van der Waals surface area (Å²) in [5.41, 5.74) is 3.27. The van der Waals surface area contributed by atoms with Crippen molar-refractivity contribution in [3.63, 3.8) is 0 Å². The summed E-state index contributed by atoms with van der Waals surface area (Å²) in [6, 6.07) is 15.9. The highest BCUT2D eigenvalue weighted by atomic mass is 16.5. The molecule has 2 aromatic rings. The maximum absolute atomic E-state index is 12.3. The van der Waals surface area contributed by atoms with Gasteiger partial charge in [0.15, 0.2) is 6.54 Å². The first-order valence-corrected chi connectivity index (χ1v) is 7.93. The molecule has 4 heteroatoms. The van der Waals surface area contributed by atoms with Crippen LogP contribution in [0.2, 0.25) is 0 Å². The second-order valence-corrected chi connectivity index (χ2v) is 5.73. The molecule has 1 unspecified atom stereocenters. The van der Waals surface area contributed by atoms with Gasteiger partial charge in [-0.2, -0.15) is 0 Å². The van der Waals surface area contributed by atoms with Gasteiger partial charge in [0.2, 0.25) is 0 Å². The molecule has 0 bridgehead atoms. The van der Waals surface area contributed by atoms with Gasteiger partial charge in [0.25, 0.3) is 5.91 Å². The number of anilines is 1. The van der Waals surface area contributed by atoms with E-state index in [1.807, 2.05) is 24.3 Å². The summed E-state index contributed by atoms with van der Waals surface area (Å²) >= 11 is 0. The Balaban J connectivity index is 1.93. The van der Waals surface area contributed by atoms with Gasteiger partial charge in [-0.1, -0.05) is 35.9 Å². The van der Waals surface area contributed by atoms with E-state index >= 15 is 0 Å². The predicted molar refractivity (Wildman–Crippen MR) is 92.9 cm³/mol. The van der Waals surface area contributed by atoms with E-state index in [-0.39, 0.29) is 5.91 Å². The van der Waals surface area contributed by atoms with Crippen LogP contribution in [0, 0.1) is 6.92 Å². The van der Waals surface area contributed by atoms with Crippen LogP contribution in [0.1, 0.15) is 18.1 Å². The Morgan fingerprint density at radius 2 is 1.96 bits per heavy atom. The zero-order valence-electron chi connectivity index (χ0n) is 14.1. The fourth-order valence-electron chi connectivity index (χ4n) is 2.56. The minimum absolute atomic E-state index is 0.0164. The van der Waals surface area contributed by atoms with Gasteiger partial charge < -0.3 is 15.0 Å². The van der Waals surface area contributed by atoms with Crippen LogP contribution in [0.15, 0.2) is 48.5 Å². The molecule has 122 valence electrons. The maximum Gasteiger partial charge on any atom is 0.279 e. The molecular formula is C19H25N2O2+. The molecule has 2 rings (SSSR count). The summed E-state index contributed by atoms with van der Waals surface area (Å²) < 4.78 is 5.17. The third kappa shape index (κ3) is 5.42. The number of methoxy groups -OCH3 is 1. The molecule has 0 aliphatic rings. The molecular weight excluding hydrogens is 288 g/mol. The average molecular weight is 313 g/mol. The van der Waals surface area contributed by atoms with Crippen molar-refractivity contribution in [3.8, 4) is 5.75 Å². The van der Waals surface area contributed by atoms with Gasteiger partial charge in [-0.05, 0) is 26.0 Å². The fourth-order valence-corrected chi connectivity index (χ4v) is 2.56. The Kier molecular flexibility index (Phi) is 6.18. The summed E-state index contributed by atoms with van der Waals surface area (Å²) in [5, 5.41) is 2.94. The first-order valence-electron chi connectivity index (χ1n) is 7.93. The van der Waals surface area contributed by atoms with Crippen LogP contribution in [0.3, 0.4) is 0 Å². The monoisotopic (exact) mass is 313 g/mol. The van der Waals surface area contributed by atoms with E-state index < -0.39 is 0 Å². The normalized spacial score (nSPS) is 11.8. The van der Waals surface area contributed by atoms with Crippen molar-refractivity contribution >= 4 is 11.6 Å². The van der Waals surface area contributed by atoms with E-state index in [4.69, 9.17) is 4.74 Å². The van der Waals surface area contributed by atoms with Crippen molar-refractivity contribution in [2.75, 3.05) is 25.5 Å². The summed E-state index contributed by atoms with van der Waals surface area (Å²) in [6.45, 7) is 6.39. The Morgan fingerprint density at radius 1 is 1.17 bits per heavy atom. The zero-order chi connectivity index (χ0) is 16.7. The smallest absolute Gasteiger partial charge is 0.279 e. The number of ether oxygens (including phenoxy) is 1. The zero-order valence-corrected chi connectivity index (χ0v) is 14.1. The van der Waals surface area contributed by atoms with Gasteiger partial charge >= 0.3 is 0 Å².